The number of rotatable bonds is 4. The Balaban J connectivity index is 1.63. The Morgan fingerprint density at radius 1 is 0.586 bits per heavy atom. The minimum atomic E-state index is -0.645. The van der Waals surface area contributed by atoms with Crippen molar-refractivity contribution in [2.24, 2.45) is 0 Å². The molecule has 4 aromatic carbocycles. The number of nitrogens with one attached hydrogen (secondary N) is 1. The summed E-state index contributed by atoms with van der Waals surface area (Å²) in [5.74, 6) is 0. The van der Waals surface area contributed by atoms with Gasteiger partial charge in [-0.05, 0) is 29.7 Å². The first kappa shape index (κ1) is 17.9. The fourth-order valence-electron chi connectivity index (χ4n) is 3.88. The van der Waals surface area contributed by atoms with Gasteiger partial charge in [-0.1, -0.05) is 121 Å². The topological polar surface area (TPSA) is 12.0 Å². The standard InChI is InChI=1S/C27H22NP/c1-4-11-21(12-5-1)25-20-19-22-13-10-18-26(27(22)28-25)29(23-14-6-2-7-15-23)24-16-8-3-9-17-24/h1-20,25,28H. The predicted octanol–water partition coefficient (Wildman–Crippen LogP) is 5.62. The second-order valence-electron chi connectivity index (χ2n) is 7.14. The molecule has 2 heteroatoms. The molecule has 5 rings (SSSR count). The molecule has 1 aliphatic rings. The van der Waals surface area contributed by atoms with Crippen molar-refractivity contribution in [3.05, 3.63) is 126 Å². The molecule has 29 heavy (non-hydrogen) atoms. The summed E-state index contributed by atoms with van der Waals surface area (Å²) < 4.78 is 0. The van der Waals surface area contributed by atoms with Crippen molar-refractivity contribution in [2.45, 2.75) is 6.04 Å². The second kappa shape index (κ2) is 8.07. The van der Waals surface area contributed by atoms with Crippen LogP contribution in [0.2, 0.25) is 0 Å². The van der Waals surface area contributed by atoms with E-state index >= 15 is 0 Å². The van der Waals surface area contributed by atoms with Crippen LogP contribution in [0.3, 0.4) is 0 Å². The molecule has 0 saturated heterocycles. The zero-order chi connectivity index (χ0) is 19.5. The van der Waals surface area contributed by atoms with E-state index in [4.69, 9.17) is 0 Å². The van der Waals surface area contributed by atoms with E-state index in [0.29, 0.717) is 0 Å². The number of benzene rings is 4. The number of anilines is 1. The van der Waals surface area contributed by atoms with Crippen LogP contribution in [0.1, 0.15) is 17.2 Å². The Kier molecular flexibility index (Phi) is 4.99. The maximum atomic E-state index is 3.83. The smallest absolute Gasteiger partial charge is 0.0701 e. The van der Waals surface area contributed by atoms with Crippen LogP contribution in [0.5, 0.6) is 0 Å². The van der Waals surface area contributed by atoms with E-state index in [1.54, 1.807) is 0 Å². The first-order valence-corrected chi connectivity index (χ1v) is 11.3. The van der Waals surface area contributed by atoms with Gasteiger partial charge in [0, 0.05) is 5.30 Å². The van der Waals surface area contributed by atoms with E-state index in [1.807, 2.05) is 0 Å². The van der Waals surface area contributed by atoms with E-state index in [2.05, 4.69) is 127 Å². The molecule has 1 N–H and O–H groups in total. The molecule has 0 spiro atoms. The lowest BCUT2D eigenvalue weighted by molar-refractivity contribution is 0.981. The summed E-state index contributed by atoms with van der Waals surface area (Å²) in [6, 6.07) is 39.3. The fourth-order valence-corrected chi connectivity index (χ4v) is 6.33. The highest BCUT2D eigenvalue weighted by atomic mass is 31.1. The monoisotopic (exact) mass is 391 g/mol. The van der Waals surface area contributed by atoms with Crippen LogP contribution in [0.4, 0.5) is 5.69 Å². The zero-order valence-corrected chi connectivity index (χ0v) is 17.0. The molecular formula is C27H22NP. The van der Waals surface area contributed by atoms with Gasteiger partial charge in [0.05, 0.1) is 11.7 Å². The van der Waals surface area contributed by atoms with Gasteiger partial charge in [0.25, 0.3) is 0 Å². The van der Waals surface area contributed by atoms with E-state index < -0.39 is 7.92 Å². The molecule has 0 saturated carbocycles. The van der Waals surface area contributed by atoms with Crippen molar-refractivity contribution in [3.8, 4) is 0 Å². The summed E-state index contributed by atoms with van der Waals surface area (Å²) in [4.78, 5) is 0. The number of hydrogen-bond donors (Lipinski definition) is 1. The highest BCUT2D eigenvalue weighted by molar-refractivity contribution is 7.80. The molecule has 0 radical (unpaired) electrons. The molecule has 1 atom stereocenters. The normalized spacial score (nSPS) is 15.0. The maximum absolute atomic E-state index is 3.83. The van der Waals surface area contributed by atoms with Crippen molar-refractivity contribution < 1.29 is 0 Å². The first-order valence-electron chi connectivity index (χ1n) is 9.93. The second-order valence-corrected chi connectivity index (χ2v) is 9.33. The molecule has 1 aliphatic heterocycles. The fraction of sp³-hybridized carbons (Fsp3) is 0.0370. The summed E-state index contributed by atoms with van der Waals surface area (Å²) in [6.45, 7) is 0. The van der Waals surface area contributed by atoms with Crippen LogP contribution in [0, 0.1) is 0 Å². The Bertz CT molecular complexity index is 1080. The van der Waals surface area contributed by atoms with Gasteiger partial charge in [0.15, 0.2) is 0 Å². The Hall–Kier alpha value is -3.15. The molecule has 0 amide bonds. The van der Waals surface area contributed by atoms with Gasteiger partial charge in [0.1, 0.15) is 0 Å². The van der Waals surface area contributed by atoms with Crippen molar-refractivity contribution in [1.29, 1.82) is 0 Å². The van der Waals surface area contributed by atoms with Crippen LogP contribution in [-0.2, 0) is 0 Å². The molecule has 4 aromatic rings. The van der Waals surface area contributed by atoms with Crippen LogP contribution < -0.4 is 21.2 Å². The van der Waals surface area contributed by atoms with Gasteiger partial charge >= 0.3 is 0 Å². The summed E-state index contributed by atoms with van der Waals surface area (Å²) in [5.41, 5.74) is 3.80. The Morgan fingerprint density at radius 2 is 1.17 bits per heavy atom. The maximum Gasteiger partial charge on any atom is 0.0701 e. The van der Waals surface area contributed by atoms with Gasteiger partial charge in [-0.3, -0.25) is 0 Å². The SMILES string of the molecule is C1=CC(c2ccccc2)Nc2c1cccc2P(c1ccccc1)c1ccccc1. The molecule has 1 heterocycles. The minimum absolute atomic E-state index is 0.188. The van der Waals surface area contributed by atoms with Crippen LogP contribution in [0.15, 0.2) is 115 Å². The zero-order valence-electron chi connectivity index (χ0n) is 16.1. The molecule has 0 bridgehead atoms. The largest absolute Gasteiger partial charge is 0.374 e. The van der Waals surface area contributed by atoms with E-state index in [0.717, 1.165) is 0 Å². The number of fused-ring (bicyclic) bond motifs is 1. The van der Waals surface area contributed by atoms with Gasteiger partial charge in [0.2, 0.25) is 0 Å². The molecule has 0 aromatic heterocycles. The van der Waals surface area contributed by atoms with Crippen LogP contribution >= 0.6 is 7.92 Å². The van der Waals surface area contributed by atoms with Crippen LogP contribution in [0.25, 0.3) is 6.08 Å². The Labute approximate surface area is 173 Å². The molecule has 0 fully saturated rings. The molecular weight excluding hydrogens is 369 g/mol. The van der Waals surface area contributed by atoms with Gasteiger partial charge in [-0.15, -0.1) is 0 Å². The lowest BCUT2D eigenvalue weighted by Gasteiger charge is -2.29. The van der Waals surface area contributed by atoms with E-state index in [1.165, 1.54) is 32.7 Å². The number of hydrogen-bond acceptors (Lipinski definition) is 1. The van der Waals surface area contributed by atoms with Crippen molar-refractivity contribution >= 4 is 35.6 Å². The van der Waals surface area contributed by atoms with E-state index in [-0.39, 0.29) is 6.04 Å². The number of para-hydroxylation sites is 1. The molecule has 0 aliphatic carbocycles. The molecule has 140 valence electrons. The lowest BCUT2D eigenvalue weighted by Crippen LogP contribution is -2.25. The third-order valence-corrected chi connectivity index (χ3v) is 7.75. The molecule has 1 unspecified atom stereocenters. The van der Waals surface area contributed by atoms with Crippen molar-refractivity contribution in [3.63, 3.8) is 0 Å². The Morgan fingerprint density at radius 3 is 1.79 bits per heavy atom. The summed E-state index contributed by atoms with van der Waals surface area (Å²) in [5, 5.41) is 7.95. The van der Waals surface area contributed by atoms with Crippen molar-refractivity contribution in [1.82, 2.24) is 0 Å². The van der Waals surface area contributed by atoms with Gasteiger partial charge in [-0.25, -0.2) is 0 Å². The van der Waals surface area contributed by atoms with Crippen LogP contribution in [-0.4, -0.2) is 0 Å². The average molecular weight is 391 g/mol. The summed E-state index contributed by atoms with van der Waals surface area (Å²) in [7, 11) is -0.645. The average Bonchev–Trinajstić information content (AvgIpc) is 2.81. The predicted molar refractivity (Wildman–Crippen MR) is 127 cm³/mol. The highest BCUT2D eigenvalue weighted by Gasteiger charge is 2.24. The summed E-state index contributed by atoms with van der Waals surface area (Å²) in [6.07, 6.45) is 4.52. The minimum Gasteiger partial charge on any atom is -0.374 e. The first-order chi connectivity index (χ1) is 14.4. The molecule has 1 nitrogen and oxygen atoms in total. The van der Waals surface area contributed by atoms with Gasteiger partial charge in [-0.2, -0.15) is 0 Å². The van der Waals surface area contributed by atoms with Crippen molar-refractivity contribution in [2.75, 3.05) is 5.32 Å². The van der Waals surface area contributed by atoms with E-state index in [9.17, 15) is 0 Å². The van der Waals surface area contributed by atoms with Gasteiger partial charge < -0.3 is 5.32 Å². The highest BCUT2D eigenvalue weighted by Crippen LogP contribution is 2.39. The summed E-state index contributed by atoms with van der Waals surface area (Å²) >= 11 is 0. The third kappa shape index (κ3) is 3.62. The quantitative estimate of drug-likeness (QED) is 0.445. The third-order valence-electron chi connectivity index (χ3n) is 5.27. The lowest BCUT2D eigenvalue weighted by atomic mass is 10.00.